The molecule has 0 saturated heterocycles. The van der Waals surface area contributed by atoms with Crippen LogP contribution in [-0.4, -0.2) is 12.5 Å². The van der Waals surface area contributed by atoms with Crippen molar-refractivity contribution in [1.29, 1.82) is 5.26 Å². The zero-order valence-electron chi connectivity index (χ0n) is 16.8. The number of benzene rings is 2. The van der Waals surface area contributed by atoms with Crippen LogP contribution in [0, 0.1) is 17.1 Å². The summed E-state index contributed by atoms with van der Waals surface area (Å²) in [4.78, 5) is 13.4. The Labute approximate surface area is 171 Å². The lowest BCUT2D eigenvalue weighted by molar-refractivity contribution is -0.122. The van der Waals surface area contributed by atoms with Gasteiger partial charge in [0.2, 0.25) is 5.91 Å². The number of hydrogen-bond donors (Lipinski definition) is 1. The van der Waals surface area contributed by atoms with Crippen LogP contribution in [0.5, 0.6) is 5.75 Å². The molecule has 1 amide bonds. The number of nitrogens with zero attached hydrogens (tertiary/aromatic N) is 1. The minimum atomic E-state index is -0.699. The molecule has 0 spiro atoms. The third-order valence-corrected chi connectivity index (χ3v) is 5.66. The minimum Gasteiger partial charge on any atom is -0.494 e. The number of amides is 1. The van der Waals surface area contributed by atoms with E-state index in [2.05, 4.69) is 18.3 Å². The third-order valence-electron chi connectivity index (χ3n) is 5.66. The van der Waals surface area contributed by atoms with E-state index in [9.17, 15) is 14.4 Å². The van der Waals surface area contributed by atoms with E-state index in [4.69, 9.17) is 4.74 Å². The maximum atomic E-state index is 13.4. The molecule has 5 heteroatoms. The summed E-state index contributed by atoms with van der Waals surface area (Å²) in [7, 11) is 0. The van der Waals surface area contributed by atoms with E-state index in [1.54, 1.807) is 30.3 Å². The highest BCUT2D eigenvalue weighted by molar-refractivity contribution is 6.00. The molecule has 0 atom stereocenters. The maximum Gasteiger partial charge on any atom is 0.235 e. The second-order valence-corrected chi connectivity index (χ2v) is 7.62. The molecule has 1 saturated carbocycles. The van der Waals surface area contributed by atoms with Gasteiger partial charge in [-0.1, -0.05) is 44.7 Å². The Kier molecular flexibility index (Phi) is 6.87. The predicted molar refractivity (Wildman–Crippen MR) is 111 cm³/mol. The zero-order valence-corrected chi connectivity index (χ0v) is 16.8. The third kappa shape index (κ3) is 4.76. The Balaban J connectivity index is 1.84. The molecule has 2 aromatic rings. The highest BCUT2D eigenvalue weighted by Crippen LogP contribution is 2.41. The number of anilines is 1. The molecule has 3 rings (SSSR count). The Hall–Kier alpha value is -2.87. The first-order chi connectivity index (χ1) is 14.1. The van der Waals surface area contributed by atoms with Gasteiger partial charge in [-0.15, -0.1) is 0 Å². The lowest BCUT2D eigenvalue weighted by atomic mass is 9.68. The van der Waals surface area contributed by atoms with Crippen molar-refractivity contribution in [2.75, 3.05) is 11.9 Å². The molecule has 2 aromatic carbocycles. The quantitative estimate of drug-likeness (QED) is 0.611. The van der Waals surface area contributed by atoms with Gasteiger partial charge < -0.3 is 10.1 Å². The van der Waals surface area contributed by atoms with Crippen LogP contribution in [0.4, 0.5) is 10.1 Å². The van der Waals surface area contributed by atoms with Crippen LogP contribution in [0.1, 0.15) is 63.0 Å². The summed E-state index contributed by atoms with van der Waals surface area (Å²) < 4.78 is 19.1. The second kappa shape index (κ2) is 9.56. The van der Waals surface area contributed by atoms with E-state index in [-0.39, 0.29) is 11.7 Å². The summed E-state index contributed by atoms with van der Waals surface area (Å²) in [6.45, 7) is 2.69. The summed E-state index contributed by atoms with van der Waals surface area (Å²) in [6.07, 6.45) is 6.38. The van der Waals surface area contributed by atoms with Gasteiger partial charge in [0.05, 0.1) is 23.3 Å². The molecule has 29 heavy (non-hydrogen) atoms. The average molecular weight is 394 g/mol. The number of rotatable bonds is 7. The molecular weight excluding hydrogens is 367 g/mol. The molecule has 1 aliphatic carbocycles. The van der Waals surface area contributed by atoms with Crippen molar-refractivity contribution in [1.82, 2.24) is 0 Å². The predicted octanol–water partition coefficient (Wildman–Crippen LogP) is 5.72. The largest absolute Gasteiger partial charge is 0.494 e. The van der Waals surface area contributed by atoms with Crippen molar-refractivity contribution in [2.45, 2.75) is 57.3 Å². The van der Waals surface area contributed by atoms with Gasteiger partial charge in [0.15, 0.2) is 0 Å². The van der Waals surface area contributed by atoms with Gasteiger partial charge in [0.1, 0.15) is 17.6 Å². The molecule has 0 heterocycles. The molecule has 1 fully saturated rings. The first kappa shape index (κ1) is 20.9. The number of halogens is 1. The summed E-state index contributed by atoms with van der Waals surface area (Å²) in [6, 6.07) is 13.5. The van der Waals surface area contributed by atoms with E-state index in [1.807, 2.05) is 0 Å². The molecule has 1 N–H and O–H groups in total. The van der Waals surface area contributed by atoms with Crippen molar-refractivity contribution in [3.63, 3.8) is 0 Å². The molecule has 0 aliphatic heterocycles. The van der Waals surface area contributed by atoms with Crippen LogP contribution in [0.2, 0.25) is 0 Å². The smallest absolute Gasteiger partial charge is 0.235 e. The van der Waals surface area contributed by atoms with Crippen LogP contribution in [0.15, 0.2) is 42.5 Å². The Morgan fingerprint density at radius 1 is 1.17 bits per heavy atom. The number of carbonyl (C=O) groups is 1. The fourth-order valence-electron chi connectivity index (χ4n) is 3.96. The minimum absolute atomic E-state index is 0.139. The number of nitriles is 1. The normalized spacial score (nSPS) is 15.3. The number of carbonyl (C=O) groups excluding carboxylic acids is 1. The maximum absolute atomic E-state index is 13.4. The monoisotopic (exact) mass is 394 g/mol. The lowest BCUT2D eigenvalue weighted by Crippen LogP contribution is -2.42. The number of unbranched alkanes of at least 4 members (excludes halogenated alkanes) is 1. The van der Waals surface area contributed by atoms with Crippen molar-refractivity contribution in [3.8, 4) is 11.8 Å². The standard InChI is InChI=1S/C24H27FN2O2/c1-2-3-15-29-21-11-12-22(18(16-21)17-26)27-23(28)24(13-5-4-6-14-24)19-7-9-20(25)10-8-19/h7-12,16H,2-6,13-15H2,1H3,(H,27,28). The van der Waals surface area contributed by atoms with Crippen molar-refractivity contribution < 1.29 is 13.9 Å². The van der Waals surface area contributed by atoms with Crippen LogP contribution in [-0.2, 0) is 10.2 Å². The van der Waals surface area contributed by atoms with Gasteiger partial charge in [-0.25, -0.2) is 4.39 Å². The summed E-state index contributed by atoms with van der Waals surface area (Å²) in [5.74, 6) is 0.171. The summed E-state index contributed by atoms with van der Waals surface area (Å²) >= 11 is 0. The first-order valence-corrected chi connectivity index (χ1v) is 10.3. The number of hydrogen-bond acceptors (Lipinski definition) is 3. The Bertz CT molecular complexity index is 881. The fourth-order valence-corrected chi connectivity index (χ4v) is 3.96. The lowest BCUT2D eigenvalue weighted by Gasteiger charge is -2.36. The van der Waals surface area contributed by atoms with Crippen LogP contribution < -0.4 is 10.1 Å². The van der Waals surface area contributed by atoms with E-state index in [0.29, 0.717) is 36.4 Å². The zero-order chi connectivity index (χ0) is 20.7. The van der Waals surface area contributed by atoms with Gasteiger partial charge in [0, 0.05) is 0 Å². The van der Waals surface area contributed by atoms with Crippen molar-refractivity contribution in [3.05, 3.63) is 59.4 Å². The van der Waals surface area contributed by atoms with Gasteiger partial charge in [-0.3, -0.25) is 4.79 Å². The highest BCUT2D eigenvalue weighted by atomic mass is 19.1. The molecule has 152 valence electrons. The molecule has 1 aliphatic rings. The van der Waals surface area contributed by atoms with E-state index < -0.39 is 5.41 Å². The second-order valence-electron chi connectivity index (χ2n) is 7.62. The Morgan fingerprint density at radius 3 is 2.55 bits per heavy atom. The Morgan fingerprint density at radius 2 is 1.90 bits per heavy atom. The van der Waals surface area contributed by atoms with Gasteiger partial charge in [-0.05, 0) is 55.2 Å². The molecule has 0 aromatic heterocycles. The van der Waals surface area contributed by atoms with Crippen LogP contribution in [0.3, 0.4) is 0 Å². The molecule has 4 nitrogen and oxygen atoms in total. The van der Waals surface area contributed by atoms with Crippen LogP contribution in [0.25, 0.3) is 0 Å². The fraction of sp³-hybridized carbons (Fsp3) is 0.417. The SMILES string of the molecule is CCCCOc1ccc(NC(=O)C2(c3ccc(F)cc3)CCCCC2)c(C#N)c1. The van der Waals surface area contributed by atoms with Gasteiger partial charge >= 0.3 is 0 Å². The first-order valence-electron chi connectivity index (χ1n) is 10.3. The molecular formula is C24H27FN2O2. The number of ether oxygens (including phenoxy) is 1. The highest BCUT2D eigenvalue weighted by Gasteiger charge is 2.41. The number of nitrogens with one attached hydrogen (secondary N) is 1. The van der Waals surface area contributed by atoms with E-state index in [0.717, 1.165) is 37.7 Å². The summed E-state index contributed by atoms with van der Waals surface area (Å²) in [5, 5.41) is 12.5. The van der Waals surface area contributed by atoms with Crippen molar-refractivity contribution >= 4 is 11.6 Å². The molecule has 0 radical (unpaired) electrons. The van der Waals surface area contributed by atoms with Crippen LogP contribution >= 0.6 is 0 Å². The van der Waals surface area contributed by atoms with Gasteiger partial charge in [-0.2, -0.15) is 5.26 Å². The topological polar surface area (TPSA) is 62.1 Å². The molecule has 0 bridgehead atoms. The van der Waals surface area contributed by atoms with E-state index in [1.165, 1.54) is 12.1 Å². The van der Waals surface area contributed by atoms with E-state index >= 15 is 0 Å². The summed E-state index contributed by atoms with van der Waals surface area (Å²) in [5.41, 5.74) is 0.980. The average Bonchev–Trinajstić information content (AvgIpc) is 2.75. The van der Waals surface area contributed by atoms with Gasteiger partial charge in [0.25, 0.3) is 0 Å². The molecule has 0 unspecified atom stereocenters. The van der Waals surface area contributed by atoms with Crippen molar-refractivity contribution in [2.24, 2.45) is 0 Å².